The Bertz CT molecular complexity index is 641. The maximum absolute atomic E-state index is 12.4. The molecule has 1 aromatic rings. The van der Waals surface area contributed by atoms with Gasteiger partial charge in [0.2, 0.25) is 0 Å². The average Bonchev–Trinajstić information content (AvgIpc) is 3.12. The van der Waals surface area contributed by atoms with Crippen LogP contribution in [0.2, 0.25) is 0 Å². The van der Waals surface area contributed by atoms with Crippen molar-refractivity contribution < 1.29 is 28.7 Å². The normalized spacial score (nSPS) is 13.0. The third-order valence-electron chi connectivity index (χ3n) is 3.90. The molecule has 1 aromatic heterocycles. The van der Waals surface area contributed by atoms with E-state index in [0.29, 0.717) is 0 Å². The number of hydrogen-bond acceptors (Lipinski definition) is 7. The Morgan fingerprint density at radius 1 is 0.852 bits per heavy atom. The molecule has 150 valence electrons. The topological polar surface area (TPSA) is 111 Å². The van der Waals surface area contributed by atoms with Gasteiger partial charge in [-0.25, -0.2) is 9.59 Å². The van der Waals surface area contributed by atoms with Gasteiger partial charge in [-0.15, -0.1) is 11.3 Å². The molecular weight excluding hydrogens is 372 g/mol. The largest absolute Gasteiger partial charge is 0.467 e. The number of methoxy groups -OCH3 is 2. The van der Waals surface area contributed by atoms with Gasteiger partial charge in [-0.3, -0.25) is 9.59 Å². The van der Waals surface area contributed by atoms with Gasteiger partial charge in [-0.2, -0.15) is 0 Å². The number of hydrogen-bond donors (Lipinski definition) is 2. The quantitative estimate of drug-likeness (QED) is 0.644. The lowest BCUT2D eigenvalue weighted by atomic mass is 10.0. The number of carbonyl (C=O) groups is 4. The highest BCUT2D eigenvalue weighted by molar-refractivity contribution is 7.12. The minimum absolute atomic E-state index is 0.156. The Balaban J connectivity index is 2.87. The molecule has 0 bridgehead atoms. The summed E-state index contributed by atoms with van der Waals surface area (Å²) in [5, 5.41) is 6.74. The molecule has 0 aliphatic rings. The van der Waals surface area contributed by atoms with Crippen LogP contribution in [-0.2, 0) is 19.1 Å². The molecule has 2 unspecified atom stereocenters. The van der Waals surface area contributed by atoms with Gasteiger partial charge in [0.15, 0.2) is 0 Å². The van der Waals surface area contributed by atoms with Gasteiger partial charge < -0.3 is 20.1 Å². The third-order valence-corrected chi connectivity index (χ3v) is 4.83. The number of thiophene rings is 1. The molecular formula is C18H26N2O6S. The van der Waals surface area contributed by atoms with Gasteiger partial charge in [-0.1, -0.05) is 27.7 Å². The van der Waals surface area contributed by atoms with Crippen molar-refractivity contribution in [2.24, 2.45) is 11.8 Å². The summed E-state index contributed by atoms with van der Waals surface area (Å²) in [5.74, 6) is -2.35. The summed E-state index contributed by atoms with van der Waals surface area (Å²) >= 11 is 1.07. The van der Waals surface area contributed by atoms with Crippen molar-refractivity contribution >= 4 is 35.1 Å². The second-order valence-corrected chi connectivity index (χ2v) is 7.55. The van der Waals surface area contributed by atoms with Gasteiger partial charge in [0.1, 0.15) is 12.1 Å². The first-order valence-corrected chi connectivity index (χ1v) is 9.36. The summed E-state index contributed by atoms with van der Waals surface area (Å²) in [4.78, 5) is 48.6. The highest BCUT2D eigenvalue weighted by Gasteiger charge is 2.28. The Hall–Kier alpha value is -2.42. The molecule has 0 aromatic carbocycles. The predicted octanol–water partition coefficient (Wildman–Crippen LogP) is 1.60. The van der Waals surface area contributed by atoms with Gasteiger partial charge >= 0.3 is 11.9 Å². The van der Waals surface area contributed by atoms with Crippen molar-refractivity contribution in [3.8, 4) is 0 Å². The molecule has 0 spiro atoms. The molecule has 1 heterocycles. The van der Waals surface area contributed by atoms with E-state index in [-0.39, 0.29) is 22.3 Å². The molecule has 0 aliphatic carbocycles. The van der Waals surface area contributed by atoms with E-state index in [1.807, 2.05) is 0 Å². The van der Waals surface area contributed by atoms with E-state index in [2.05, 4.69) is 10.6 Å². The van der Waals surface area contributed by atoms with Crippen molar-refractivity contribution in [2.45, 2.75) is 39.8 Å². The van der Waals surface area contributed by atoms with E-state index in [9.17, 15) is 19.2 Å². The number of nitrogens with one attached hydrogen (secondary N) is 2. The molecule has 0 fully saturated rings. The Labute approximate surface area is 162 Å². The van der Waals surface area contributed by atoms with Crippen molar-refractivity contribution in [1.29, 1.82) is 0 Å². The fraction of sp³-hybridized carbons (Fsp3) is 0.556. The summed E-state index contributed by atoms with van der Waals surface area (Å²) in [6, 6.07) is -0.158. The summed E-state index contributed by atoms with van der Waals surface area (Å²) < 4.78 is 9.39. The van der Waals surface area contributed by atoms with E-state index in [1.54, 1.807) is 27.7 Å². The van der Waals surface area contributed by atoms with E-state index < -0.39 is 35.8 Å². The molecule has 2 amide bonds. The molecule has 1 rings (SSSR count). The van der Waals surface area contributed by atoms with Crippen LogP contribution in [0.1, 0.15) is 47.7 Å². The van der Waals surface area contributed by atoms with Crippen molar-refractivity contribution in [3.63, 3.8) is 0 Å². The second kappa shape index (κ2) is 10.1. The molecule has 8 nitrogen and oxygen atoms in total. The zero-order valence-electron chi connectivity index (χ0n) is 16.3. The maximum atomic E-state index is 12.4. The third kappa shape index (κ3) is 6.06. The minimum atomic E-state index is -0.788. The van der Waals surface area contributed by atoms with E-state index in [4.69, 9.17) is 9.47 Å². The number of carbonyl (C=O) groups excluding carboxylic acids is 4. The number of rotatable bonds is 8. The van der Waals surface area contributed by atoms with Crippen LogP contribution in [-0.4, -0.2) is 50.1 Å². The molecule has 2 N–H and O–H groups in total. The average molecular weight is 398 g/mol. The molecule has 9 heteroatoms. The minimum Gasteiger partial charge on any atom is -0.467 e. The summed E-state index contributed by atoms with van der Waals surface area (Å²) in [6.45, 7) is 7.14. The lowest BCUT2D eigenvalue weighted by Gasteiger charge is -2.19. The summed E-state index contributed by atoms with van der Waals surface area (Å²) in [7, 11) is 2.51. The number of ether oxygens (including phenoxy) is 2. The van der Waals surface area contributed by atoms with Crippen LogP contribution in [0.5, 0.6) is 0 Å². The van der Waals surface area contributed by atoms with Crippen LogP contribution >= 0.6 is 11.3 Å². The zero-order valence-corrected chi connectivity index (χ0v) is 17.1. The van der Waals surface area contributed by atoms with Crippen molar-refractivity contribution in [2.75, 3.05) is 14.2 Å². The molecule has 0 radical (unpaired) electrons. The van der Waals surface area contributed by atoms with E-state index in [0.717, 1.165) is 11.3 Å². The van der Waals surface area contributed by atoms with Crippen LogP contribution < -0.4 is 10.6 Å². The van der Waals surface area contributed by atoms with Crippen molar-refractivity contribution in [1.82, 2.24) is 10.6 Å². The lowest BCUT2D eigenvalue weighted by molar-refractivity contribution is -0.144. The van der Waals surface area contributed by atoms with Crippen LogP contribution in [0.15, 0.2) is 11.4 Å². The molecule has 27 heavy (non-hydrogen) atoms. The predicted molar refractivity (Wildman–Crippen MR) is 101 cm³/mol. The van der Waals surface area contributed by atoms with Gasteiger partial charge in [-0.05, 0) is 17.9 Å². The van der Waals surface area contributed by atoms with Crippen LogP contribution in [0.4, 0.5) is 0 Å². The van der Waals surface area contributed by atoms with E-state index in [1.165, 1.54) is 25.7 Å². The first-order valence-electron chi connectivity index (χ1n) is 8.48. The van der Waals surface area contributed by atoms with Crippen LogP contribution in [0.3, 0.4) is 0 Å². The monoisotopic (exact) mass is 398 g/mol. The Kier molecular flexibility index (Phi) is 8.42. The highest BCUT2D eigenvalue weighted by atomic mass is 32.1. The molecule has 2 atom stereocenters. The number of esters is 2. The molecule has 0 saturated heterocycles. The summed E-state index contributed by atoms with van der Waals surface area (Å²) in [6.07, 6.45) is 0. The van der Waals surface area contributed by atoms with Crippen molar-refractivity contribution in [3.05, 3.63) is 21.9 Å². The Morgan fingerprint density at radius 2 is 1.30 bits per heavy atom. The standard InChI is InChI=1S/C18H26N2O6S/c1-9(2)13(17(23)25-5)19-15(21)11-7-12(27-8-11)16(22)20-14(10(3)4)18(24)26-6/h7-10,13-14H,1-6H3,(H,19,21)(H,20,22). The van der Waals surface area contributed by atoms with Gasteiger partial charge in [0.25, 0.3) is 11.8 Å². The highest BCUT2D eigenvalue weighted by Crippen LogP contribution is 2.17. The Morgan fingerprint density at radius 3 is 1.70 bits per heavy atom. The molecule has 0 saturated carbocycles. The first kappa shape index (κ1) is 22.6. The SMILES string of the molecule is COC(=O)C(NC(=O)c1csc(C(=O)NC(C(=O)OC)C(C)C)c1)C(C)C. The first-order chi connectivity index (χ1) is 12.6. The van der Waals surface area contributed by atoms with Crippen LogP contribution in [0, 0.1) is 11.8 Å². The number of amides is 2. The lowest BCUT2D eigenvalue weighted by Crippen LogP contribution is -2.45. The smallest absolute Gasteiger partial charge is 0.328 e. The van der Waals surface area contributed by atoms with E-state index >= 15 is 0 Å². The molecule has 0 aliphatic heterocycles. The second-order valence-electron chi connectivity index (χ2n) is 6.64. The summed E-state index contributed by atoms with van der Waals surface area (Å²) in [5.41, 5.74) is 0.249. The van der Waals surface area contributed by atoms with Gasteiger partial charge in [0.05, 0.1) is 24.7 Å². The van der Waals surface area contributed by atoms with Crippen LogP contribution in [0.25, 0.3) is 0 Å². The van der Waals surface area contributed by atoms with Gasteiger partial charge in [0, 0.05) is 5.38 Å². The fourth-order valence-corrected chi connectivity index (χ4v) is 3.05. The maximum Gasteiger partial charge on any atom is 0.328 e. The zero-order chi connectivity index (χ0) is 20.7. The fourth-order valence-electron chi connectivity index (χ4n) is 2.26.